The molecule has 0 unspecified atom stereocenters. The smallest absolute Gasteiger partial charge is 0.314 e. The van der Waals surface area contributed by atoms with Crippen molar-refractivity contribution in [1.29, 1.82) is 0 Å². The van der Waals surface area contributed by atoms with Crippen molar-refractivity contribution in [3.63, 3.8) is 0 Å². The van der Waals surface area contributed by atoms with E-state index in [0.717, 1.165) is 19.6 Å². The monoisotopic (exact) mass is 225 g/mol. The Kier molecular flexibility index (Phi) is 3.33. The molecule has 0 saturated carbocycles. The van der Waals surface area contributed by atoms with Crippen molar-refractivity contribution in [2.75, 3.05) is 19.6 Å². The summed E-state index contributed by atoms with van der Waals surface area (Å²) >= 11 is 5.10. The minimum Gasteiger partial charge on any atom is -0.314 e. The number of aromatic nitrogens is 2. The molecule has 2 rings (SSSR count). The first-order valence-corrected chi connectivity index (χ1v) is 5.69. The Morgan fingerprint density at radius 3 is 2.73 bits per heavy atom. The summed E-state index contributed by atoms with van der Waals surface area (Å²) < 4.78 is 2.23. The molecule has 1 fully saturated rings. The Morgan fingerprint density at radius 2 is 2.07 bits per heavy atom. The summed E-state index contributed by atoms with van der Waals surface area (Å²) in [5.74, 6) is 0. The molecule has 0 amide bonds. The molecule has 5 heteroatoms. The van der Waals surface area contributed by atoms with E-state index >= 15 is 0 Å². The molecule has 1 aliphatic rings. The Hall–Kier alpha value is -0.940. The van der Waals surface area contributed by atoms with Crippen LogP contribution in [0, 0.1) is 4.64 Å². The average Bonchev–Trinajstić information content (AvgIpc) is 2.70. The second-order valence-corrected chi connectivity index (χ2v) is 4.24. The molecular formula is C10H15N3OS. The van der Waals surface area contributed by atoms with E-state index < -0.39 is 0 Å². The van der Waals surface area contributed by atoms with E-state index in [9.17, 15) is 4.79 Å². The summed E-state index contributed by atoms with van der Waals surface area (Å²) in [5, 5.41) is 0. The number of hydrogen-bond donors (Lipinski definition) is 1. The van der Waals surface area contributed by atoms with Gasteiger partial charge in [-0.25, -0.2) is 4.79 Å². The molecule has 0 bridgehead atoms. The molecule has 0 spiro atoms. The number of nitrogens with zero attached hydrogens (tertiary/aromatic N) is 2. The van der Waals surface area contributed by atoms with Crippen LogP contribution in [0.5, 0.6) is 0 Å². The average molecular weight is 225 g/mol. The molecule has 1 aromatic rings. The molecule has 1 aromatic heterocycles. The van der Waals surface area contributed by atoms with Gasteiger partial charge in [-0.15, -0.1) is 0 Å². The Labute approximate surface area is 93.5 Å². The minimum atomic E-state index is -0.110. The fourth-order valence-electron chi connectivity index (χ4n) is 1.91. The third kappa shape index (κ3) is 2.54. The van der Waals surface area contributed by atoms with Crippen LogP contribution in [0.4, 0.5) is 0 Å². The van der Waals surface area contributed by atoms with Crippen LogP contribution in [0.15, 0.2) is 17.1 Å². The maximum atomic E-state index is 11.5. The van der Waals surface area contributed by atoms with Crippen molar-refractivity contribution in [3.05, 3.63) is 27.4 Å². The van der Waals surface area contributed by atoms with Gasteiger partial charge in [0.1, 0.15) is 4.64 Å². The number of hydrogen-bond acceptors (Lipinski definition) is 3. The second kappa shape index (κ2) is 4.72. The van der Waals surface area contributed by atoms with Crippen LogP contribution in [0.1, 0.15) is 12.8 Å². The lowest BCUT2D eigenvalue weighted by atomic mass is 10.4. The summed E-state index contributed by atoms with van der Waals surface area (Å²) in [6.45, 7) is 3.91. The first-order chi connectivity index (χ1) is 7.27. The summed E-state index contributed by atoms with van der Waals surface area (Å²) in [7, 11) is 0. The standard InChI is InChI=1S/C10H15N3OS/c14-10-11-4-3-9(15)13(10)8-7-12-5-1-2-6-12/h3-4H,1-2,5-8H2,(H,11,14). The lowest BCUT2D eigenvalue weighted by molar-refractivity contribution is 0.319. The van der Waals surface area contributed by atoms with E-state index in [1.807, 2.05) is 0 Å². The van der Waals surface area contributed by atoms with Crippen LogP contribution < -0.4 is 5.69 Å². The van der Waals surface area contributed by atoms with Gasteiger partial charge in [0.05, 0.1) is 0 Å². The normalized spacial score (nSPS) is 17.1. The van der Waals surface area contributed by atoms with Crippen LogP contribution >= 0.6 is 12.2 Å². The number of likely N-dealkylation sites (tertiary alicyclic amines) is 1. The molecule has 4 nitrogen and oxygen atoms in total. The van der Waals surface area contributed by atoms with Gasteiger partial charge in [-0.2, -0.15) is 0 Å². The van der Waals surface area contributed by atoms with Gasteiger partial charge in [0.25, 0.3) is 0 Å². The molecule has 2 heterocycles. The molecule has 1 aliphatic heterocycles. The van der Waals surface area contributed by atoms with Crippen LogP contribution in [0.2, 0.25) is 0 Å². The largest absolute Gasteiger partial charge is 0.326 e. The first-order valence-electron chi connectivity index (χ1n) is 5.28. The van der Waals surface area contributed by atoms with Gasteiger partial charge in [-0.3, -0.25) is 4.57 Å². The van der Waals surface area contributed by atoms with E-state index in [2.05, 4.69) is 9.88 Å². The molecule has 15 heavy (non-hydrogen) atoms. The van der Waals surface area contributed by atoms with Crippen molar-refractivity contribution < 1.29 is 0 Å². The lowest BCUT2D eigenvalue weighted by Crippen LogP contribution is -2.30. The van der Waals surface area contributed by atoms with Crippen LogP contribution in [-0.2, 0) is 6.54 Å². The van der Waals surface area contributed by atoms with Gasteiger partial charge in [0.15, 0.2) is 0 Å². The highest BCUT2D eigenvalue weighted by atomic mass is 32.1. The number of nitrogens with one attached hydrogen (secondary N) is 1. The predicted octanol–water partition coefficient (Wildman–Crippen LogP) is 1.00. The zero-order valence-electron chi connectivity index (χ0n) is 8.61. The predicted molar refractivity (Wildman–Crippen MR) is 61.6 cm³/mol. The number of rotatable bonds is 3. The zero-order valence-corrected chi connectivity index (χ0v) is 9.42. The third-order valence-electron chi connectivity index (χ3n) is 2.78. The molecule has 0 radical (unpaired) electrons. The summed E-state index contributed by atoms with van der Waals surface area (Å²) in [4.78, 5) is 16.5. The van der Waals surface area contributed by atoms with Crippen LogP contribution in [0.3, 0.4) is 0 Å². The van der Waals surface area contributed by atoms with Crippen LogP contribution in [0.25, 0.3) is 0 Å². The highest BCUT2D eigenvalue weighted by Gasteiger charge is 2.11. The quantitative estimate of drug-likeness (QED) is 0.780. The maximum Gasteiger partial charge on any atom is 0.326 e. The van der Waals surface area contributed by atoms with Crippen LogP contribution in [-0.4, -0.2) is 34.1 Å². The number of H-pyrrole nitrogens is 1. The fraction of sp³-hybridized carbons (Fsp3) is 0.600. The first kappa shape index (κ1) is 10.6. The minimum absolute atomic E-state index is 0.110. The highest BCUT2D eigenvalue weighted by Crippen LogP contribution is 2.06. The molecular weight excluding hydrogens is 210 g/mol. The van der Waals surface area contributed by atoms with Gasteiger partial charge in [0.2, 0.25) is 0 Å². The van der Waals surface area contributed by atoms with E-state index in [4.69, 9.17) is 12.2 Å². The molecule has 1 saturated heterocycles. The van der Waals surface area contributed by atoms with E-state index in [0.29, 0.717) is 11.2 Å². The van der Waals surface area contributed by atoms with Gasteiger partial charge in [-0.05, 0) is 32.0 Å². The zero-order chi connectivity index (χ0) is 10.7. The fourth-order valence-corrected chi connectivity index (χ4v) is 2.15. The van der Waals surface area contributed by atoms with Crippen molar-refractivity contribution in [3.8, 4) is 0 Å². The molecule has 0 aliphatic carbocycles. The number of aromatic amines is 1. The Balaban J connectivity index is 2.04. The SMILES string of the molecule is O=c1[nH]ccc(=S)n1CCN1CCCC1. The van der Waals surface area contributed by atoms with Gasteiger partial charge < -0.3 is 9.88 Å². The second-order valence-electron chi connectivity index (χ2n) is 3.82. The van der Waals surface area contributed by atoms with Gasteiger partial charge in [-0.1, -0.05) is 12.2 Å². The highest BCUT2D eigenvalue weighted by molar-refractivity contribution is 7.71. The maximum absolute atomic E-state index is 11.5. The summed E-state index contributed by atoms with van der Waals surface area (Å²) in [6.07, 6.45) is 4.14. The van der Waals surface area contributed by atoms with E-state index in [1.54, 1.807) is 16.8 Å². The van der Waals surface area contributed by atoms with Gasteiger partial charge >= 0.3 is 5.69 Å². The molecule has 1 N–H and O–H groups in total. The Bertz CT molecular complexity index is 403. The molecule has 0 aromatic carbocycles. The van der Waals surface area contributed by atoms with Crippen molar-refractivity contribution in [1.82, 2.24) is 14.5 Å². The van der Waals surface area contributed by atoms with Crippen molar-refractivity contribution in [2.24, 2.45) is 0 Å². The third-order valence-corrected chi connectivity index (χ3v) is 3.14. The Morgan fingerprint density at radius 1 is 1.33 bits per heavy atom. The molecule has 82 valence electrons. The van der Waals surface area contributed by atoms with E-state index in [-0.39, 0.29) is 5.69 Å². The lowest BCUT2D eigenvalue weighted by Gasteiger charge is -2.14. The summed E-state index contributed by atoms with van der Waals surface area (Å²) in [6, 6.07) is 1.75. The van der Waals surface area contributed by atoms with Crippen molar-refractivity contribution >= 4 is 12.2 Å². The summed E-state index contributed by atoms with van der Waals surface area (Å²) in [5.41, 5.74) is -0.110. The molecule has 0 atom stereocenters. The topological polar surface area (TPSA) is 41.0 Å². The van der Waals surface area contributed by atoms with Gasteiger partial charge in [0, 0.05) is 19.3 Å². The van der Waals surface area contributed by atoms with E-state index in [1.165, 1.54) is 12.8 Å². The van der Waals surface area contributed by atoms with Crippen molar-refractivity contribution in [2.45, 2.75) is 19.4 Å².